The molecule has 1 aromatic rings. The van der Waals surface area contributed by atoms with E-state index in [0.717, 1.165) is 0 Å². The third kappa shape index (κ3) is 2.17. The second-order valence-corrected chi connectivity index (χ2v) is 4.28. The Morgan fingerprint density at radius 2 is 2.39 bits per heavy atom. The average Bonchev–Trinajstić information content (AvgIpc) is 2.70. The molecule has 7 heteroatoms. The minimum atomic E-state index is -1.08. The Balaban J connectivity index is 2.27. The molecule has 1 amide bonds. The molecule has 18 heavy (non-hydrogen) atoms. The van der Waals surface area contributed by atoms with E-state index in [0.29, 0.717) is 25.2 Å². The summed E-state index contributed by atoms with van der Waals surface area (Å²) in [4.78, 5) is 32.0. The summed E-state index contributed by atoms with van der Waals surface area (Å²) in [6.45, 7) is 2.51. The van der Waals surface area contributed by atoms with Crippen molar-refractivity contribution in [1.29, 1.82) is 0 Å². The zero-order chi connectivity index (χ0) is 13.3. The van der Waals surface area contributed by atoms with E-state index < -0.39 is 5.97 Å². The number of hydrogen-bond donors (Lipinski definition) is 2. The molecule has 2 heterocycles. The highest BCUT2D eigenvalue weighted by molar-refractivity contribution is 5.94. The van der Waals surface area contributed by atoms with Crippen LogP contribution in [0.2, 0.25) is 0 Å². The minimum Gasteiger partial charge on any atom is -0.478 e. The van der Waals surface area contributed by atoms with Crippen LogP contribution in [0.3, 0.4) is 0 Å². The molecule has 0 saturated carbocycles. The molecule has 1 atom stereocenters. The first kappa shape index (κ1) is 12.4. The van der Waals surface area contributed by atoms with Gasteiger partial charge in [0.05, 0.1) is 11.3 Å². The van der Waals surface area contributed by atoms with Crippen LogP contribution in [0, 0.1) is 12.8 Å². The molecule has 1 aliphatic rings. The fraction of sp³-hybridized carbons (Fsp3) is 0.455. The number of rotatable bonds is 3. The van der Waals surface area contributed by atoms with Crippen LogP contribution < -0.4 is 10.6 Å². The molecule has 1 aromatic heterocycles. The van der Waals surface area contributed by atoms with Crippen LogP contribution in [-0.2, 0) is 4.79 Å². The standard InChI is InChI=1S/C11H14N4O3/c1-6-8(10(17)18)4-13-11(14-6)15-5-7(3-12)2-9(15)16/h4,7H,2-3,5,12H2,1H3,(H,17,18). The van der Waals surface area contributed by atoms with Crippen molar-refractivity contribution in [3.63, 3.8) is 0 Å². The van der Waals surface area contributed by atoms with Gasteiger partial charge in [-0.15, -0.1) is 0 Å². The lowest BCUT2D eigenvalue weighted by Gasteiger charge is -2.14. The Labute approximate surface area is 104 Å². The second-order valence-electron chi connectivity index (χ2n) is 4.28. The number of aromatic carboxylic acids is 1. The third-order valence-corrected chi connectivity index (χ3v) is 2.98. The summed E-state index contributed by atoms with van der Waals surface area (Å²) in [5.41, 5.74) is 5.92. The molecule has 0 aromatic carbocycles. The summed E-state index contributed by atoms with van der Waals surface area (Å²) >= 11 is 0. The van der Waals surface area contributed by atoms with Gasteiger partial charge in [0.25, 0.3) is 0 Å². The summed E-state index contributed by atoms with van der Waals surface area (Å²) in [6, 6.07) is 0. The summed E-state index contributed by atoms with van der Waals surface area (Å²) in [5, 5.41) is 8.88. The van der Waals surface area contributed by atoms with Crippen LogP contribution >= 0.6 is 0 Å². The van der Waals surface area contributed by atoms with E-state index in [1.54, 1.807) is 6.92 Å². The van der Waals surface area contributed by atoms with Crippen molar-refractivity contribution in [3.05, 3.63) is 17.5 Å². The number of aryl methyl sites for hydroxylation is 1. The lowest BCUT2D eigenvalue weighted by Crippen LogP contribution is -2.28. The molecule has 0 radical (unpaired) electrons. The van der Waals surface area contributed by atoms with Crippen molar-refractivity contribution in [2.24, 2.45) is 11.7 Å². The van der Waals surface area contributed by atoms with Crippen LogP contribution in [0.15, 0.2) is 6.20 Å². The van der Waals surface area contributed by atoms with Gasteiger partial charge in [0, 0.05) is 19.2 Å². The van der Waals surface area contributed by atoms with Crippen LogP contribution in [-0.4, -0.2) is 40.0 Å². The number of hydrogen-bond acceptors (Lipinski definition) is 5. The first-order valence-corrected chi connectivity index (χ1v) is 5.60. The van der Waals surface area contributed by atoms with Crippen LogP contribution in [0.1, 0.15) is 22.5 Å². The zero-order valence-electron chi connectivity index (χ0n) is 9.96. The number of anilines is 1. The van der Waals surface area contributed by atoms with Crippen molar-refractivity contribution in [2.45, 2.75) is 13.3 Å². The molecule has 1 aliphatic heterocycles. The number of carboxylic acid groups (broad SMARTS) is 1. The highest BCUT2D eigenvalue weighted by Gasteiger charge is 2.31. The topological polar surface area (TPSA) is 109 Å². The summed E-state index contributed by atoms with van der Waals surface area (Å²) in [7, 11) is 0. The van der Waals surface area contributed by atoms with Gasteiger partial charge in [-0.1, -0.05) is 0 Å². The maximum atomic E-state index is 11.7. The highest BCUT2D eigenvalue weighted by atomic mass is 16.4. The van der Waals surface area contributed by atoms with E-state index in [4.69, 9.17) is 10.8 Å². The minimum absolute atomic E-state index is 0.0424. The largest absolute Gasteiger partial charge is 0.478 e. The number of nitrogens with two attached hydrogens (primary N) is 1. The Kier molecular flexibility index (Phi) is 3.24. The fourth-order valence-electron chi connectivity index (χ4n) is 1.93. The van der Waals surface area contributed by atoms with Crippen LogP contribution in [0.5, 0.6) is 0 Å². The van der Waals surface area contributed by atoms with Gasteiger partial charge >= 0.3 is 5.97 Å². The lowest BCUT2D eigenvalue weighted by atomic mass is 10.1. The molecule has 1 saturated heterocycles. The van der Waals surface area contributed by atoms with Crippen LogP contribution in [0.25, 0.3) is 0 Å². The van der Waals surface area contributed by atoms with Crippen molar-refractivity contribution < 1.29 is 14.7 Å². The lowest BCUT2D eigenvalue weighted by molar-refractivity contribution is -0.117. The number of carbonyl (C=O) groups excluding carboxylic acids is 1. The quantitative estimate of drug-likeness (QED) is 0.768. The smallest absolute Gasteiger partial charge is 0.339 e. The Morgan fingerprint density at radius 3 is 2.89 bits per heavy atom. The van der Waals surface area contributed by atoms with Gasteiger partial charge in [0.1, 0.15) is 0 Å². The van der Waals surface area contributed by atoms with Gasteiger partial charge < -0.3 is 10.8 Å². The van der Waals surface area contributed by atoms with E-state index >= 15 is 0 Å². The molecule has 1 unspecified atom stereocenters. The monoisotopic (exact) mass is 250 g/mol. The number of carboxylic acids is 1. The third-order valence-electron chi connectivity index (χ3n) is 2.98. The average molecular weight is 250 g/mol. The van der Waals surface area contributed by atoms with Gasteiger partial charge in [-0.2, -0.15) is 0 Å². The first-order chi connectivity index (χ1) is 8.52. The maximum absolute atomic E-state index is 11.7. The molecule has 1 fully saturated rings. The van der Waals surface area contributed by atoms with Gasteiger partial charge in [-0.25, -0.2) is 14.8 Å². The SMILES string of the molecule is Cc1nc(N2CC(CN)CC2=O)ncc1C(=O)O. The predicted octanol–water partition coefficient (Wildman–Crippen LogP) is -0.205. The molecule has 96 valence electrons. The van der Waals surface area contributed by atoms with Gasteiger partial charge in [-0.05, 0) is 19.4 Å². The van der Waals surface area contributed by atoms with E-state index in [2.05, 4.69) is 9.97 Å². The molecular formula is C11H14N4O3. The summed E-state index contributed by atoms with van der Waals surface area (Å²) in [5.74, 6) is -0.793. The second kappa shape index (κ2) is 4.69. The molecule has 0 bridgehead atoms. The molecule has 0 spiro atoms. The maximum Gasteiger partial charge on any atom is 0.339 e. The highest BCUT2D eigenvalue weighted by Crippen LogP contribution is 2.21. The Morgan fingerprint density at radius 1 is 1.67 bits per heavy atom. The molecule has 0 aliphatic carbocycles. The van der Waals surface area contributed by atoms with E-state index in [1.807, 2.05) is 0 Å². The molecule has 2 rings (SSSR count). The van der Waals surface area contributed by atoms with Gasteiger partial charge in [0.2, 0.25) is 11.9 Å². The first-order valence-electron chi connectivity index (χ1n) is 5.60. The van der Waals surface area contributed by atoms with Gasteiger partial charge in [-0.3, -0.25) is 9.69 Å². The van der Waals surface area contributed by atoms with Crippen molar-refractivity contribution in [2.75, 3.05) is 18.0 Å². The van der Waals surface area contributed by atoms with Gasteiger partial charge in [0.15, 0.2) is 0 Å². The Bertz CT molecular complexity index is 503. The summed E-state index contributed by atoms with van der Waals surface area (Å²) in [6.07, 6.45) is 1.61. The number of nitrogens with zero attached hydrogens (tertiary/aromatic N) is 3. The number of carbonyl (C=O) groups is 2. The normalized spacial score (nSPS) is 19.3. The Hall–Kier alpha value is -2.02. The van der Waals surface area contributed by atoms with Crippen molar-refractivity contribution >= 4 is 17.8 Å². The van der Waals surface area contributed by atoms with Crippen LogP contribution in [0.4, 0.5) is 5.95 Å². The van der Waals surface area contributed by atoms with Crippen molar-refractivity contribution in [3.8, 4) is 0 Å². The number of amides is 1. The molecular weight excluding hydrogens is 236 g/mol. The fourth-order valence-corrected chi connectivity index (χ4v) is 1.93. The molecule has 7 nitrogen and oxygen atoms in total. The van der Waals surface area contributed by atoms with Crippen molar-refractivity contribution in [1.82, 2.24) is 9.97 Å². The van der Waals surface area contributed by atoms with E-state index in [-0.39, 0.29) is 23.3 Å². The molecule has 3 N–H and O–H groups in total. The van der Waals surface area contributed by atoms with E-state index in [1.165, 1.54) is 11.1 Å². The summed E-state index contributed by atoms with van der Waals surface area (Å²) < 4.78 is 0. The number of aromatic nitrogens is 2. The predicted molar refractivity (Wildman–Crippen MR) is 63.2 cm³/mol. The van der Waals surface area contributed by atoms with E-state index in [9.17, 15) is 9.59 Å². The zero-order valence-corrected chi connectivity index (χ0v) is 9.96.